The van der Waals surface area contributed by atoms with Gasteiger partial charge in [0.05, 0.1) is 11.7 Å². The van der Waals surface area contributed by atoms with Gasteiger partial charge in [-0.3, -0.25) is 0 Å². The summed E-state index contributed by atoms with van der Waals surface area (Å²) >= 11 is 0. The van der Waals surface area contributed by atoms with E-state index in [1.165, 1.54) is 12.1 Å². The highest BCUT2D eigenvalue weighted by atomic mass is 16.5. The molecule has 0 amide bonds. The minimum Gasteiger partial charge on any atom is -0.492 e. The molecular formula is C15H21NO4. The molecule has 0 spiro atoms. The van der Waals surface area contributed by atoms with Crippen molar-refractivity contribution >= 4 is 5.97 Å². The predicted octanol–water partition coefficient (Wildman–Crippen LogP) is 1.51. The summed E-state index contributed by atoms with van der Waals surface area (Å²) in [7, 11) is 0. The van der Waals surface area contributed by atoms with E-state index in [-0.39, 0.29) is 17.1 Å². The van der Waals surface area contributed by atoms with Gasteiger partial charge in [-0.05, 0) is 24.6 Å². The largest absolute Gasteiger partial charge is 0.492 e. The summed E-state index contributed by atoms with van der Waals surface area (Å²) in [4.78, 5) is 10.8. The zero-order chi connectivity index (χ0) is 14.8. The first-order chi connectivity index (χ1) is 9.41. The lowest BCUT2D eigenvalue weighted by Crippen LogP contribution is -2.60. The van der Waals surface area contributed by atoms with Gasteiger partial charge in [-0.2, -0.15) is 0 Å². The van der Waals surface area contributed by atoms with Gasteiger partial charge in [-0.25, -0.2) is 4.79 Å². The van der Waals surface area contributed by atoms with Crippen LogP contribution in [0.1, 0.15) is 30.6 Å². The summed E-state index contributed by atoms with van der Waals surface area (Å²) in [5.41, 5.74) is 0.127. The molecule has 0 aromatic heterocycles. The average molecular weight is 279 g/mol. The monoisotopic (exact) mass is 279 g/mol. The van der Waals surface area contributed by atoms with Gasteiger partial charge in [-0.15, -0.1) is 0 Å². The van der Waals surface area contributed by atoms with Gasteiger partial charge in [0.15, 0.2) is 0 Å². The summed E-state index contributed by atoms with van der Waals surface area (Å²) in [6.07, 6.45) is 0.523. The molecule has 3 N–H and O–H groups in total. The van der Waals surface area contributed by atoms with Gasteiger partial charge in [-0.1, -0.05) is 19.9 Å². The maximum absolute atomic E-state index is 10.8. The molecule has 0 saturated heterocycles. The highest BCUT2D eigenvalue weighted by molar-refractivity contribution is 5.87. The lowest BCUT2D eigenvalue weighted by atomic mass is 9.64. The first-order valence-corrected chi connectivity index (χ1v) is 6.79. The van der Waals surface area contributed by atoms with Gasteiger partial charge in [0.2, 0.25) is 0 Å². The first kappa shape index (κ1) is 14.8. The number of carboxylic acids is 1. The summed E-state index contributed by atoms with van der Waals surface area (Å²) in [5, 5.41) is 21.9. The summed E-state index contributed by atoms with van der Waals surface area (Å²) in [5.74, 6) is -0.404. The van der Waals surface area contributed by atoms with Gasteiger partial charge in [0.1, 0.15) is 12.4 Å². The molecule has 1 saturated carbocycles. The molecule has 5 heteroatoms. The Hall–Kier alpha value is -1.59. The van der Waals surface area contributed by atoms with Crippen molar-refractivity contribution in [2.24, 2.45) is 5.41 Å². The van der Waals surface area contributed by atoms with Crippen molar-refractivity contribution < 1.29 is 19.7 Å². The molecule has 0 aliphatic heterocycles. The van der Waals surface area contributed by atoms with Crippen LogP contribution >= 0.6 is 0 Å². The number of carboxylic acid groups (broad SMARTS) is 1. The lowest BCUT2D eigenvalue weighted by Gasteiger charge is -2.49. The number of rotatable bonds is 6. The van der Waals surface area contributed by atoms with E-state index in [9.17, 15) is 9.90 Å². The molecule has 0 heterocycles. The molecule has 2 unspecified atom stereocenters. The number of benzene rings is 1. The molecule has 110 valence electrons. The molecule has 2 atom stereocenters. The van der Waals surface area contributed by atoms with Gasteiger partial charge >= 0.3 is 5.97 Å². The molecule has 1 fully saturated rings. The quantitative estimate of drug-likeness (QED) is 0.688. The van der Waals surface area contributed by atoms with Crippen molar-refractivity contribution in [3.8, 4) is 5.75 Å². The third-order valence-corrected chi connectivity index (χ3v) is 4.06. The Morgan fingerprint density at radius 1 is 1.50 bits per heavy atom. The highest BCUT2D eigenvalue weighted by Crippen LogP contribution is 2.40. The van der Waals surface area contributed by atoms with Crippen molar-refractivity contribution in [3.05, 3.63) is 29.8 Å². The number of nitrogens with one attached hydrogen (secondary N) is 1. The van der Waals surface area contributed by atoms with Crippen molar-refractivity contribution in [1.29, 1.82) is 0 Å². The lowest BCUT2D eigenvalue weighted by molar-refractivity contribution is -0.0728. The Labute approximate surface area is 118 Å². The zero-order valence-electron chi connectivity index (χ0n) is 11.8. The number of hydrogen-bond acceptors (Lipinski definition) is 4. The van der Waals surface area contributed by atoms with E-state index in [4.69, 9.17) is 9.84 Å². The van der Waals surface area contributed by atoms with E-state index in [1.54, 1.807) is 12.1 Å². The normalized spacial score (nSPS) is 23.9. The Bertz CT molecular complexity index is 487. The van der Waals surface area contributed by atoms with Crippen molar-refractivity contribution in [2.45, 2.75) is 32.4 Å². The molecule has 1 aliphatic carbocycles. The summed E-state index contributed by atoms with van der Waals surface area (Å²) < 4.78 is 5.52. The Morgan fingerprint density at radius 2 is 2.25 bits per heavy atom. The molecule has 1 aromatic rings. The fourth-order valence-corrected chi connectivity index (χ4v) is 2.37. The Morgan fingerprint density at radius 3 is 2.85 bits per heavy atom. The topological polar surface area (TPSA) is 78.8 Å². The number of carbonyl (C=O) groups is 1. The highest BCUT2D eigenvalue weighted by Gasteiger charge is 2.46. The zero-order valence-corrected chi connectivity index (χ0v) is 11.8. The smallest absolute Gasteiger partial charge is 0.335 e. The Kier molecular flexibility index (Phi) is 4.30. The van der Waals surface area contributed by atoms with Crippen molar-refractivity contribution in [3.63, 3.8) is 0 Å². The predicted molar refractivity (Wildman–Crippen MR) is 75.1 cm³/mol. The summed E-state index contributed by atoms with van der Waals surface area (Å²) in [6, 6.07) is 6.75. The van der Waals surface area contributed by atoms with Crippen LogP contribution in [0.3, 0.4) is 0 Å². The van der Waals surface area contributed by atoms with E-state index >= 15 is 0 Å². The van der Waals surface area contributed by atoms with Crippen LogP contribution in [-0.2, 0) is 0 Å². The maximum atomic E-state index is 10.8. The molecule has 0 bridgehead atoms. The van der Waals surface area contributed by atoms with Crippen LogP contribution in [0, 0.1) is 5.41 Å². The summed E-state index contributed by atoms with van der Waals surface area (Å²) in [6.45, 7) is 5.20. The SMILES string of the molecule is CC1(C)C(O)CC1NCCOc1cccc(C(=O)O)c1. The van der Waals surface area contributed by atoms with E-state index in [2.05, 4.69) is 5.32 Å². The second-order valence-corrected chi connectivity index (χ2v) is 5.76. The third-order valence-electron chi connectivity index (χ3n) is 4.06. The fourth-order valence-electron chi connectivity index (χ4n) is 2.37. The van der Waals surface area contributed by atoms with E-state index < -0.39 is 5.97 Å². The van der Waals surface area contributed by atoms with Crippen LogP contribution in [0.15, 0.2) is 24.3 Å². The standard InChI is InChI=1S/C15H21NO4/c1-15(2)12(9-13(15)17)16-6-7-20-11-5-3-4-10(8-11)14(18)19/h3-5,8,12-13,16-17H,6-7,9H2,1-2H3,(H,18,19). The molecule has 5 nitrogen and oxygen atoms in total. The maximum Gasteiger partial charge on any atom is 0.335 e. The first-order valence-electron chi connectivity index (χ1n) is 6.79. The molecular weight excluding hydrogens is 258 g/mol. The van der Waals surface area contributed by atoms with Gasteiger partial charge in [0, 0.05) is 18.0 Å². The minimum atomic E-state index is -0.959. The van der Waals surface area contributed by atoms with E-state index in [0.717, 1.165) is 6.42 Å². The molecule has 1 aromatic carbocycles. The van der Waals surface area contributed by atoms with Crippen molar-refractivity contribution in [2.75, 3.05) is 13.2 Å². The van der Waals surface area contributed by atoms with Crippen LogP contribution in [0.5, 0.6) is 5.75 Å². The van der Waals surface area contributed by atoms with Crippen LogP contribution < -0.4 is 10.1 Å². The number of aliphatic hydroxyl groups excluding tert-OH is 1. The van der Waals surface area contributed by atoms with Gasteiger partial charge in [0.25, 0.3) is 0 Å². The molecule has 0 radical (unpaired) electrons. The number of aliphatic hydroxyl groups is 1. The minimum absolute atomic E-state index is 0.0940. The van der Waals surface area contributed by atoms with Gasteiger partial charge < -0.3 is 20.3 Å². The van der Waals surface area contributed by atoms with E-state index in [0.29, 0.717) is 24.9 Å². The number of ether oxygens (including phenoxy) is 1. The van der Waals surface area contributed by atoms with Crippen LogP contribution in [-0.4, -0.2) is 41.5 Å². The fraction of sp³-hybridized carbons (Fsp3) is 0.533. The molecule has 1 aliphatic rings. The van der Waals surface area contributed by atoms with Crippen LogP contribution in [0.2, 0.25) is 0 Å². The average Bonchev–Trinajstić information content (AvgIpc) is 2.42. The van der Waals surface area contributed by atoms with E-state index in [1.807, 2.05) is 13.8 Å². The van der Waals surface area contributed by atoms with Crippen LogP contribution in [0.4, 0.5) is 0 Å². The third kappa shape index (κ3) is 3.11. The number of hydrogen-bond donors (Lipinski definition) is 3. The molecule has 2 rings (SSSR count). The van der Waals surface area contributed by atoms with Crippen LogP contribution in [0.25, 0.3) is 0 Å². The molecule has 20 heavy (non-hydrogen) atoms. The second kappa shape index (κ2) is 5.81. The second-order valence-electron chi connectivity index (χ2n) is 5.76. The Balaban J connectivity index is 1.74. The number of aromatic carboxylic acids is 1. The van der Waals surface area contributed by atoms with Crippen molar-refractivity contribution in [1.82, 2.24) is 5.32 Å².